The summed E-state index contributed by atoms with van der Waals surface area (Å²) in [6, 6.07) is 17.8. The lowest BCUT2D eigenvalue weighted by Gasteiger charge is -2.35. The van der Waals surface area contributed by atoms with Gasteiger partial charge in [0.15, 0.2) is 0 Å². The Morgan fingerprint density at radius 1 is 0.912 bits per heavy atom. The zero-order valence-corrected chi connectivity index (χ0v) is 43.2. The number of anilines is 2. The lowest BCUT2D eigenvalue weighted by atomic mass is 9.85. The number of rotatable bonds is 19. The van der Waals surface area contributed by atoms with E-state index >= 15 is 0 Å². The molecular formula is C52H65Cl2N7O6S. The third-order valence-corrected chi connectivity index (χ3v) is 14.2. The molecule has 4 atom stereocenters. The predicted molar refractivity (Wildman–Crippen MR) is 272 cm³/mol. The summed E-state index contributed by atoms with van der Waals surface area (Å²) in [5, 5.41) is 11.7. The van der Waals surface area contributed by atoms with Gasteiger partial charge in [-0.05, 0) is 113 Å². The van der Waals surface area contributed by atoms with E-state index in [4.69, 9.17) is 37.8 Å². The molecule has 3 amide bonds. The van der Waals surface area contributed by atoms with Crippen molar-refractivity contribution in [2.24, 2.45) is 5.41 Å². The molecule has 1 aliphatic heterocycles. The van der Waals surface area contributed by atoms with Crippen molar-refractivity contribution in [3.63, 3.8) is 0 Å². The lowest BCUT2D eigenvalue weighted by Crippen LogP contribution is -2.58. The Morgan fingerprint density at radius 3 is 2.26 bits per heavy atom. The van der Waals surface area contributed by atoms with E-state index in [9.17, 15) is 19.2 Å². The Hall–Kier alpha value is -5.28. The second-order valence-electron chi connectivity index (χ2n) is 18.7. The Labute approximate surface area is 414 Å². The first kappa shape index (κ1) is 52.1. The van der Waals surface area contributed by atoms with Gasteiger partial charge in [-0.1, -0.05) is 80.4 Å². The zero-order chi connectivity index (χ0) is 49.4. The zero-order valence-electron chi connectivity index (χ0n) is 40.9. The van der Waals surface area contributed by atoms with E-state index in [1.54, 1.807) is 11.3 Å². The Kier molecular flexibility index (Phi) is 17.5. The van der Waals surface area contributed by atoms with E-state index in [0.29, 0.717) is 29.6 Å². The van der Waals surface area contributed by atoms with E-state index < -0.39 is 41.4 Å². The van der Waals surface area contributed by atoms with Crippen molar-refractivity contribution < 1.29 is 28.7 Å². The largest absolute Gasteiger partial charge is 0.461 e. The lowest BCUT2D eigenvalue weighted by molar-refractivity contribution is -0.147. The quantitative estimate of drug-likeness (QED) is 0.0609. The van der Waals surface area contributed by atoms with E-state index in [-0.39, 0.29) is 31.5 Å². The molecule has 1 aliphatic rings. The van der Waals surface area contributed by atoms with Gasteiger partial charge >= 0.3 is 5.97 Å². The Bertz CT molecular complexity index is 2590. The van der Waals surface area contributed by atoms with Crippen LogP contribution in [0.5, 0.6) is 0 Å². The fourth-order valence-corrected chi connectivity index (χ4v) is 9.96. The molecule has 1 fully saturated rings. The monoisotopic (exact) mass is 985 g/mol. The molecule has 1 saturated heterocycles. The second-order valence-corrected chi connectivity index (χ2v) is 20.4. The molecule has 0 unspecified atom stereocenters. The molecule has 0 radical (unpaired) electrons. The molecule has 0 spiro atoms. The average molecular weight is 987 g/mol. The van der Waals surface area contributed by atoms with Crippen molar-refractivity contribution in [2.75, 3.05) is 31.2 Å². The van der Waals surface area contributed by atoms with Crippen LogP contribution in [0.25, 0.3) is 21.6 Å². The summed E-state index contributed by atoms with van der Waals surface area (Å²) in [5.41, 5.74) is 11.4. The van der Waals surface area contributed by atoms with Gasteiger partial charge in [-0.15, -0.1) is 11.3 Å². The Balaban J connectivity index is 1.05. The standard InChI is InChI=1S/C52H65Cl2N7O6S/c1-11-61-35(6)47(33(4)58-61)39-16-15-31(2)44(25-39)59(40-21-22-42(53)43(54)26-40)23-13-12-14-24-66-29-46(63)57-49(52(8,9)10)51(65)60-28-41(67-36(7)62)27-45(60)50(64)56-32(3)37-17-19-38(20-18-37)48-34(5)55-30-68-48/h15-22,25-26,30,32,41,45,49H,11-14,23-24,27-29H2,1-10H3,(H,56,64)(H,57,63)/t32-,41+,45-,49+/m0/s1. The highest BCUT2D eigenvalue weighted by Crippen LogP contribution is 2.38. The van der Waals surface area contributed by atoms with Crippen molar-refractivity contribution in [3.8, 4) is 21.6 Å². The number of carbonyl (C=O) groups is 4. The predicted octanol–water partition coefficient (Wildman–Crippen LogP) is 10.5. The summed E-state index contributed by atoms with van der Waals surface area (Å²) in [6.07, 6.45) is 1.79. The van der Waals surface area contributed by atoms with Gasteiger partial charge in [0, 0.05) is 55.7 Å². The molecule has 2 N–H and O–H groups in total. The molecule has 0 aliphatic carbocycles. The molecule has 16 heteroatoms. The van der Waals surface area contributed by atoms with Gasteiger partial charge < -0.3 is 29.9 Å². The van der Waals surface area contributed by atoms with Crippen LogP contribution < -0.4 is 15.5 Å². The van der Waals surface area contributed by atoms with Crippen molar-refractivity contribution in [3.05, 3.63) is 104 Å². The first-order valence-corrected chi connectivity index (χ1v) is 24.9. The Morgan fingerprint density at radius 2 is 1.63 bits per heavy atom. The number of carbonyl (C=O) groups excluding carboxylic acids is 4. The summed E-state index contributed by atoms with van der Waals surface area (Å²) in [5.74, 6) is -1.76. The minimum atomic E-state index is -0.991. The second kappa shape index (κ2) is 22.9. The summed E-state index contributed by atoms with van der Waals surface area (Å²) in [7, 11) is 0. The number of ether oxygens (including phenoxy) is 2. The number of hydrogen-bond acceptors (Lipinski definition) is 10. The number of hydrogen-bond donors (Lipinski definition) is 2. The highest BCUT2D eigenvalue weighted by molar-refractivity contribution is 7.13. The van der Waals surface area contributed by atoms with Crippen LogP contribution in [-0.4, -0.2) is 87.8 Å². The third kappa shape index (κ3) is 12.7. The smallest absolute Gasteiger partial charge is 0.302 e. The number of nitrogens with zero attached hydrogens (tertiary/aromatic N) is 5. The number of unbranched alkanes of at least 4 members (excludes halogenated alkanes) is 2. The van der Waals surface area contributed by atoms with Crippen LogP contribution in [0.3, 0.4) is 0 Å². The average Bonchev–Trinajstić information content (AvgIpc) is 4.00. The molecule has 13 nitrogen and oxygen atoms in total. The molecule has 3 aromatic carbocycles. The summed E-state index contributed by atoms with van der Waals surface area (Å²) < 4.78 is 13.4. The van der Waals surface area contributed by atoms with Crippen molar-refractivity contribution in [2.45, 2.75) is 126 Å². The third-order valence-electron chi connectivity index (χ3n) is 12.5. The highest BCUT2D eigenvalue weighted by atomic mass is 35.5. The van der Waals surface area contributed by atoms with E-state index in [1.807, 2.05) is 94.2 Å². The van der Waals surface area contributed by atoms with Gasteiger partial charge in [0.25, 0.3) is 0 Å². The van der Waals surface area contributed by atoms with E-state index in [0.717, 1.165) is 80.5 Å². The van der Waals surface area contributed by atoms with Crippen molar-refractivity contribution in [1.29, 1.82) is 0 Å². The molecule has 68 heavy (non-hydrogen) atoms. The molecular weight excluding hydrogens is 922 g/mol. The number of esters is 1. The molecule has 5 aromatic rings. The number of benzene rings is 3. The SMILES string of the molecule is CCn1nc(C)c(-c2ccc(C)c(N(CCCCCOCC(=O)N[C@H](C(=O)N3C[C@H](OC(C)=O)C[C@H]3C(=O)N[C@@H](C)c3ccc(-c4scnc4C)cc3)C(C)(C)C)c3ccc(Cl)c(Cl)c3)c2)c1C. The van der Waals surface area contributed by atoms with Crippen LogP contribution in [0.2, 0.25) is 10.0 Å². The first-order valence-electron chi connectivity index (χ1n) is 23.3. The number of amides is 3. The topological polar surface area (TPSA) is 148 Å². The summed E-state index contributed by atoms with van der Waals surface area (Å²) in [6.45, 7) is 20.7. The van der Waals surface area contributed by atoms with E-state index in [1.165, 1.54) is 11.8 Å². The van der Waals surface area contributed by atoms with Gasteiger partial charge in [0.1, 0.15) is 24.8 Å². The maximum Gasteiger partial charge on any atom is 0.302 e. The fourth-order valence-electron chi connectivity index (χ4n) is 8.86. The first-order chi connectivity index (χ1) is 32.3. The van der Waals surface area contributed by atoms with Gasteiger partial charge in [0.05, 0.1) is 44.4 Å². The van der Waals surface area contributed by atoms with Crippen LogP contribution >= 0.6 is 34.5 Å². The number of thiazole rings is 1. The van der Waals surface area contributed by atoms with Gasteiger partial charge in [-0.25, -0.2) is 4.98 Å². The number of aryl methyl sites for hydroxylation is 4. The summed E-state index contributed by atoms with van der Waals surface area (Å²) in [4.78, 5) is 63.0. The fraction of sp³-hybridized carbons (Fsp3) is 0.462. The van der Waals surface area contributed by atoms with Crippen LogP contribution in [0, 0.1) is 33.1 Å². The van der Waals surface area contributed by atoms with Crippen LogP contribution in [0.1, 0.15) is 101 Å². The van der Waals surface area contributed by atoms with Crippen LogP contribution in [0.15, 0.2) is 66.2 Å². The maximum atomic E-state index is 14.4. The van der Waals surface area contributed by atoms with E-state index in [2.05, 4.69) is 59.5 Å². The van der Waals surface area contributed by atoms with Crippen molar-refractivity contribution >= 4 is 69.6 Å². The van der Waals surface area contributed by atoms with Crippen molar-refractivity contribution in [1.82, 2.24) is 30.3 Å². The minimum absolute atomic E-state index is 0.0180. The molecule has 0 bridgehead atoms. The number of halogens is 2. The van der Waals surface area contributed by atoms with Crippen LogP contribution in [-0.2, 0) is 35.2 Å². The molecule has 2 aromatic heterocycles. The number of nitrogens with one attached hydrogen (secondary N) is 2. The van der Waals surface area contributed by atoms with Gasteiger partial charge in [0.2, 0.25) is 17.7 Å². The number of aromatic nitrogens is 3. The maximum absolute atomic E-state index is 14.4. The number of likely N-dealkylation sites (tertiary alicyclic amines) is 1. The van der Waals surface area contributed by atoms with Crippen LogP contribution in [0.4, 0.5) is 11.4 Å². The van der Waals surface area contributed by atoms with Gasteiger partial charge in [-0.3, -0.25) is 23.9 Å². The highest BCUT2D eigenvalue weighted by Gasteiger charge is 2.46. The molecule has 364 valence electrons. The molecule has 3 heterocycles. The minimum Gasteiger partial charge on any atom is -0.461 e. The van der Waals surface area contributed by atoms with Gasteiger partial charge in [-0.2, -0.15) is 5.10 Å². The normalized spacial score (nSPS) is 15.8. The molecule has 0 saturated carbocycles. The summed E-state index contributed by atoms with van der Waals surface area (Å²) >= 11 is 14.5. The molecule has 6 rings (SSSR count).